The average molecular weight is 229 g/mol. The van der Waals surface area contributed by atoms with E-state index < -0.39 is 0 Å². The van der Waals surface area contributed by atoms with Crippen LogP contribution in [-0.2, 0) is 0 Å². The van der Waals surface area contributed by atoms with Crippen LogP contribution in [0, 0.1) is 0 Å². The number of anilines is 1. The van der Waals surface area contributed by atoms with Gasteiger partial charge < -0.3 is 10.2 Å². The molecule has 3 rings (SSSR count). The van der Waals surface area contributed by atoms with Crippen molar-refractivity contribution in [3.8, 4) is 0 Å². The van der Waals surface area contributed by atoms with Gasteiger partial charge in [0, 0.05) is 32.0 Å². The summed E-state index contributed by atoms with van der Waals surface area (Å²) in [6, 6.07) is 2.43. The summed E-state index contributed by atoms with van der Waals surface area (Å²) in [7, 11) is 2.09. The van der Waals surface area contributed by atoms with Crippen LogP contribution in [0.3, 0.4) is 0 Å². The summed E-state index contributed by atoms with van der Waals surface area (Å²) in [6.45, 7) is 2.10. The lowest BCUT2D eigenvalue weighted by molar-refractivity contribution is 0.679. The van der Waals surface area contributed by atoms with Crippen LogP contribution in [0.5, 0.6) is 0 Å². The van der Waals surface area contributed by atoms with Crippen LogP contribution in [-0.4, -0.2) is 41.1 Å². The molecular weight excluding hydrogens is 214 g/mol. The van der Waals surface area contributed by atoms with Gasteiger partial charge in [-0.05, 0) is 19.0 Å². The number of likely N-dealkylation sites (N-methyl/N-ethyl adjacent to an activating group) is 1. The Bertz CT molecular complexity index is 516. The summed E-state index contributed by atoms with van der Waals surface area (Å²) in [5.41, 5.74) is 0.947. The topological polar surface area (TPSA) is 53.9 Å². The van der Waals surface area contributed by atoms with Gasteiger partial charge in [0.05, 0.1) is 10.9 Å². The first-order valence-corrected chi connectivity index (χ1v) is 5.84. The van der Waals surface area contributed by atoms with Gasteiger partial charge in [-0.3, -0.25) is 4.98 Å². The van der Waals surface area contributed by atoms with Crippen molar-refractivity contribution in [1.29, 1.82) is 0 Å². The molecule has 1 fully saturated rings. The first kappa shape index (κ1) is 10.4. The number of rotatable bonds is 2. The minimum atomic E-state index is 0.508. The molecule has 1 atom stereocenters. The van der Waals surface area contributed by atoms with Gasteiger partial charge in [-0.25, -0.2) is 9.97 Å². The molecule has 0 aliphatic carbocycles. The Morgan fingerprint density at radius 3 is 3.18 bits per heavy atom. The second-order valence-corrected chi connectivity index (χ2v) is 4.35. The van der Waals surface area contributed by atoms with Gasteiger partial charge >= 0.3 is 0 Å². The molecule has 1 aliphatic rings. The maximum Gasteiger partial charge on any atom is 0.141 e. The summed E-state index contributed by atoms with van der Waals surface area (Å²) >= 11 is 0. The largest absolute Gasteiger partial charge is 0.355 e. The van der Waals surface area contributed by atoms with E-state index in [-0.39, 0.29) is 0 Å². The molecule has 0 spiro atoms. The highest BCUT2D eigenvalue weighted by atomic mass is 15.2. The summed E-state index contributed by atoms with van der Waals surface area (Å²) in [5, 5.41) is 4.39. The van der Waals surface area contributed by atoms with E-state index in [1.165, 1.54) is 0 Å². The van der Waals surface area contributed by atoms with Crippen LogP contribution in [0.2, 0.25) is 0 Å². The molecule has 1 N–H and O–H groups in total. The Hall–Kier alpha value is -1.75. The smallest absolute Gasteiger partial charge is 0.141 e. The Morgan fingerprint density at radius 1 is 1.41 bits per heavy atom. The number of nitrogens with zero attached hydrogens (tertiary/aromatic N) is 4. The fourth-order valence-corrected chi connectivity index (χ4v) is 2.31. The third-order valence-electron chi connectivity index (χ3n) is 3.33. The molecule has 1 unspecified atom stereocenters. The zero-order valence-corrected chi connectivity index (χ0v) is 9.80. The highest BCUT2D eigenvalue weighted by molar-refractivity contribution is 5.88. The molecule has 88 valence electrons. The van der Waals surface area contributed by atoms with Crippen LogP contribution in [0.15, 0.2) is 24.8 Å². The Labute approximate surface area is 99.9 Å². The zero-order chi connectivity index (χ0) is 11.7. The van der Waals surface area contributed by atoms with Crippen molar-refractivity contribution in [2.45, 2.75) is 12.5 Å². The maximum absolute atomic E-state index is 4.40. The van der Waals surface area contributed by atoms with E-state index in [0.717, 1.165) is 36.2 Å². The number of hydrogen-bond donors (Lipinski definition) is 1. The number of hydrogen-bond acceptors (Lipinski definition) is 5. The standard InChI is InChI=1S/C12H15N5/c1-17(9-2-4-13-6-9)12-10-7-14-5-3-11(10)15-8-16-12/h3,5,7-9,13H,2,4,6H2,1H3. The summed E-state index contributed by atoms with van der Waals surface area (Å²) in [4.78, 5) is 15.0. The van der Waals surface area contributed by atoms with E-state index in [4.69, 9.17) is 0 Å². The third kappa shape index (κ3) is 1.82. The van der Waals surface area contributed by atoms with Crippen molar-refractivity contribution in [3.63, 3.8) is 0 Å². The fraction of sp³-hybridized carbons (Fsp3) is 0.417. The van der Waals surface area contributed by atoms with Crippen molar-refractivity contribution in [3.05, 3.63) is 24.8 Å². The van der Waals surface area contributed by atoms with Gasteiger partial charge in [0.25, 0.3) is 0 Å². The molecule has 3 heterocycles. The molecule has 2 aromatic rings. The monoisotopic (exact) mass is 229 g/mol. The minimum absolute atomic E-state index is 0.508. The molecule has 2 aromatic heterocycles. The van der Waals surface area contributed by atoms with Gasteiger partial charge in [-0.2, -0.15) is 0 Å². The molecule has 0 aromatic carbocycles. The molecule has 1 saturated heterocycles. The lowest BCUT2D eigenvalue weighted by Crippen LogP contribution is -2.34. The molecule has 1 aliphatic heterocycles. The van der Waals surface area contributed by atoms with E-state index in [1.807, 2.05) is 12.3 Å². The Kier molecular flexibility index (Phi) is 2.60. The molecule has 0 radical (unpaired) electrons. The third-order valence-corrected chi connectivity index (χ3v) is 3.33. The highest BCUT2D eigenvalue weighted by Crippen LogP contribution is 2.23. The minimum Gasteiger partial charge on any atom is -0.355 e. The summed E-state index contributed by atoms with van der Waals surface area (Å²) < 4.78 is 0. The van der Waals surface area contributed by atoms with Crippen LogP contribution in [0.25, 0.3) is 10.9 Å². The van der Waals surface area contributed by atoms with Gasteiger partial charge in [-0.15, -0.1) is 0 Å². The van der Waals surface area contributed by atoms with Gasteiger partial charge in [0.15, 0.2) is 0 Å². The van der Waals surface area contributed by atoms with Crippen LogP contribution in [0.1, 0.15) is 6.42 Å². The number of pyridine rings is 1. The number of fused-ring (bicyclic) bond motifs is 1. The molecule has 5 heteroatoms. The van der Waals surface area contributed by atoms with E-state index in [0.29, 0.717) is 6.04 Å². The quantitative estimate of drug-likeness (QED) is 0.826. The van der Waals surface area contributed by atoms with E-state index >= 15 is 0 Å². The van der Waals surface area contributed by atoms with Crippen LogP contribution in [0.4, 0.5) is 5.82 Å². The van der Waals surface area contributed by atoms with Crippen LogP contribution < -0.4 is 10.2 Å². The number of aromatic nitrogens is 3. The Balaban J connectivity index is 2.04. The second-order valence-electron chi connectivity index (χ2n) is 4.35. The summed E-state index contributed by atoms with van der Waals surface area (Å²) in [6.07, 6.45) is 6.37. The predicted molar refractivity (Wildman–Crippen MR) is 67.0 cm³/mol. The van der Waals surface area contributed by atoms with Crippen molar-refractivity contribution < 1.29 is 0 Å². The van der Waals surface area contributed by atoms with Crippen molar-refractivity contribution in [1.82, 2.24) is 20.3 Å². The van der Waals surface area contributed by atoms with E-state index in [1.54, 1.807) is 12.5 Å². The predicted octanol–water partition coefficient (Wildman–Crippen LogP) is 0.823. The molecule has 0 bridgehead atoms. The van der Waals surface area contributed by atoms with Gasteiger partial charge in [0.2, 0.25) is 0 Å². The fourth-order valence-electron chi connectivity index (χ4n) is 2.31. The Morgan fingerprint density at radius 2 is 2.35 bits per heavy atom. The highest BCUT2D eigenvalue weighted by Gasteiger charge is 2.21. The molecule has 0 saturated carbocycles. The van der Waals surface area contributed by atoms with Crippen molar-refractivity contribution in [2.24, 2.45) is 0 Å². The molecule has 17 heavy (non-hydrogen) atoms. The van der Waals surface area contributed by atoms with E-state index in [2.05, 4.69) is 32.2 Å². The molecule has 5 nitrogen and oxygen atoms in total. The molecule has 0 amide bonds. The SMILES string of the molecule is CN(c1ncnc2ccncc12)C1CCNC1. The van der Waals surface area contributed by atoms with Crippen molar-refractivity contribution in [2.75, 3.05) is 25.0 Å². The maximum atomic E-state index is 4.40. The number of nitrogens with one attached hydrogen (secondary N) is 1. The second kappa shape index (κ2) is 4.25. The molecular formula is C12H15N5. The zero-order valence-electron chi connectivity index (χ0n) is 9.80. The van der Waals surface area contributed by atoms with Crippen molar-refractivity contribution >= 4 is 16.7 Å². The van der Waals surface area contributed by atoms with Gasteiger partial charge in [-0.1, -0.05) is 0 Å². The summed E-state index contributed by atoms with van der Waals surface area (Å²) in [5.74, 6) is 0.969. The van der Waals surface area contributed by atoms with Crippen LogP contribution >= 0.6 is 0 Å². The average Bonchev–Trinajstić information content (AvgIpc) is 2.91. The van der Waals surface area contributed by atoms with E-state index in [9.17, 15) is 0 Å². The lowest BCUT2D eigenvalue weighted by Gasteiger charge is -2.25. The first-order valence-electron chi connectivity index (χ1n) is 5.84. The normalized spacial score (nSPS) is 19.7. The first-order chi connectivity index (χ1) is 8.36. The lowest BCUT2D eigenvalue weighted by atomic mass is 10.2. The van der Waals surface area contributed by atoms with Gasteiger partial charge in [0.1, 0.15) is 12.1 Å².